The molecule has 0 amide bonds. The van der Waals surface area contributed by atoms with E-state index in [0.717, 1.165) is 11.5 Å². The Balaban J connectivity index is -0.000000138. The van der Waals surface area contributed by atoms with E-state index in [1.54, 1.807) is 6.08 Å². The fourth-order valence-corrected chi connectivity index (χ4v) is 0.843. The van der Waals surface area contributed by atoms with Crippen molar-refractivity contribution in [2.24, 2.45) is 0 Å². The Labute approximate surface area is 127 Å². The lowest BCUT2D eigenvalue weighted by Crippen LogP contribution is -1.89. The molecule has 0 heterocycles. The van der Waals surface area contributed by atoms with Gasteiger partial charge in [-0.2, -0.15) is 0 Å². The van der Waals surface area contributed by atoms with Gasteiger partial charge in [0.05, 0.1) is 0 Å². The first-order valence-corrected chi connectivity index (χ1v) is 7.38. The van der Waals surface area contributed by atoms with Gasteiger partial charge in [-0.1, -0.05) is 66.3 Å². The number of hydrogen-bond acceptors (Lipinski definition) is 1. The van der Waals surface area contributed by atoms with Gasteiger partial charge in [0.15, 0.2) is 0 Å². The Bertz CT molecular complexity index is 286. The van der Waals surface area contributed by atoms with Crippen molar-refractivity contribution in [2.45, 2.75) is 48.5 Å². The van der Waals surface area contributed by atoms with Gasteiger partial charge >= 0.3 is 0 Å². The zero-order valence-corrected chi connectivity index (χ0v) is 14.6. The molecule has 1 nitrogen and oxygen atoms in total. The number of para-hydroxylation sites is 1. The van der Waals surface area contributed by atoms with E-state index in [1.807, 2.05) is 84.9 Å². The molecule has 0 N–H and O–H groups in total. The fourth-order valence-electron chi connectivity index (χ4n) is 0.843. The lowest BCUT2D eigenvalue weighted by atomic mass is 10.3. The van der Waals surface area contributed by atoms with Crippen molar-refractivity contribution in [2.75, 3.05) is 0 Å². The smallest absolute Gasteiger partial charge is 0.127 e. The van der Waals surface area contributed by atoms with Crippen LogP contribution in [0.15, 0.2) is 68.0 Å². The third-order valence-electron chi connectivity index (χ3n) is 1.46. The predicted molar refractivity (Wildman–Crippen MR) is 96.3 cm³/mol. The van der Waals surface area contributed by atoms with E-state index >= 15 is 0 Å². The third kappa shape index (κ3) is 18.6. The maximum absolute atomic E-state index is 5.46. The largest absolute Gasteiger partial charge is 0.458 e. The van der Waals surface area contributed by atoms with Crippen molar-refractivity contribution in [3.8, 4) is 5.75 Å². The van der Waals surface area contributed by atoms with Crippen LogP contribution in [0.2, 0.25) is 0 Å². The maximum Gasteiger partial charge on any atom is 0.127 e. The van der Waals surface area contributed by atoms with Crippen LogP contribution < -0.4 is 4.74 Å². The number of benzene rings is 1. The van der Waals surface area contributed by atoms with Crippen LogP contribution in [0.1, 0.15) is 48.5 Å². The zero-order valence-electron chi connectivity index (χ0n) is 14.6. The maximum atomic E-state index is 5.46. The second kappa shape index (κ2) is 30.3. The van der Waals surface area contributed by atoms with Crippen LogP contribution in [0.5, 0.6) is 5.75 Å². The molecule has 0 saturated heterocycles. The SMILES string of the molecule is C=C.C=C/C(=C\C)Oc1ccccc1.CC.CC.CC. The summed E-state index contributed by atoms with van der Waals surface area (Å²) in [4.78, 5) is 0. The van der Waals surface area contributed by atoms with E-state index in [4.69, 9.17) is 4.74 Å². The Morgan fingerprint density at radius 3 is 1.60 bits per heavy atom. The molecule has 0 aliphatic carbocycles. The molecule has 116 valence electrons. The van der Waals surface area contributed by atoms with E-state index in [1.165, 1.54) is 0 Å². The Kier molecular flexibility index (Phi) is 40.6. The van der Waals surface area contributed by atoms with E-state index in [0.29, 0.717) is 0 Å². The molecule has 0 spiro atoms. The summed E-state index contributed by atoms with van der Waals surface area (Å²) in [7, 11) is 0. The van der Waals surface area contributed by atoms with Crippen LogP contribution in [0.25, 0.3) is 0 Å². The number of hydrogen-bond donors (Lipinski definition) is 0. The predicted octanol–water partition coefficient (Wildman–Crippen LogP) is 7.04. The molecule has 20 heavy (non-hydrogen) atoms. The highest BCUT2D eigenvalue weighted by Gasteiger charge is 1.92. The lowest BCUT2D eigenvalue weighted by Gasteiger charge is -2.04. The summed E-state index contributed by atoms with van der Waals surface area (Å²) in [6.45, 7) is 23.6. The van der Waals surface area contributed by atoms with E-state index in [-0.39, 0.29) is 0 Å². The monoisotopic (exact) mass is 278 g/mol. The summed E-state index contributed by atoms with van der Waals surface area (Å²) < 4.78 is 5.46. The van der Waals surface area contributed by atoms with E-state index in [9.17, 15) is 0 Å². The third-order valence-corrected chi connectivity index (χ3v) is 1.46. The van der Waals surface area contributed by atoms with Crippen LogP contribution in [0.3, 0.4) is 0 Å². The first-order chi connectivity index (χ1) is 9.86. The number of ether oxygens (including phenoxy) is 1. The van der Waals surface area contributed by atoms with E-state index in [2.05, 4.69) is 19.7 Å². The van der Waals surface area contributed by atoms with Crippen molar-refractivity contribution in [3.05, 3.63) is 68.0 Å². The van der Waals surface area contributed by atoms with Gasteiger partial charge in [0.2, 0.25) is 0 Å². The summed E-state index contributed by atoms with van der Waals surface area (Å²) >= 11 is 0. The van der Waals surface area contributed by atoms with Crippen molar-refractivity contribution in [3.63, 3.8) is 0 Å². The van der Waals surface area contributed by atoms with E-state index < -0.39 is 0 Å². The molecule has 1 rings (SSSR count). The minimum atomic E-state index is 0.779. The molecule has 0 unspecified atom stereocenters. The minimum Gasteiger partial charge on any atom is -0.458 e. The van der Waals surface area contributed by atoms with Gasteiger partial charge in [-0.15, -0.1) is 13.2 Å². The van der Waals surface area contributed by atoms with Crippen molar-refractivity contribution >= 4 is 0 Å². The Morgan fingerprint density at radius 2 is 1.30 bits per heavy atom. The van der Waals surface area contributed by atoms with Gasteiger partial charge in [-0.25, -0.2) is 0 Å². The summed E-state index contributed by atoms with van der Waals surface area (Å²) in [5.74, 6) is 1.62. The highest BCUT2D eigenvalue weighted by molar-refractivity contribution is 5.25. The molecule has 0 aromatic heterocycles. The van der Waals surface area contributed by atoms with Crippen LogP contribution in [0, 0.1) is 0 Å². The van der Waals surface area contributed by atoms with Crippen LogP contribution in [0.4, 0.5) is 0 Å². The molecule has 0 atom stereocenters. The Hall–Kier alpha value is -1.76. The average Bonchev–Trinajstić information content (AvgIpc) is 2.61. The molecule has 1 heteroatoms. The molecular weight excluding hydrogens is 244 g/mol. The number of rotatable bonds is 3. The normalized spacial score (nSPS) is 7.65. The van der Waals surface area contributed by atoms with Crippen LogP contribution in [-0.4, -0.2) is 0 Å². The van der Waals surface area contributed by atoms with Gasteiger partial charge in [0.1, 0.15) is 11.5 Å². The first kappa shape index (κ1) is 26.7. The molecule has 0 radical (unpaired) electrons. The molecule has 0 fully saturated rings. The number of allylic oxidation sites excluding steroid dienone is 2. The minimum absolute atomic E-state index is 0.779. The lowest BCUT2D eigenvalue weighted by molar-refractivity contribution is 0.443. The molecule has 0 bridgehead atoms. The van der Waals surface area contributed by atoms with Gasteiger partial charge in [0, 0.05) is 0 Å². The van der Waals surface area contributed by atoms with Crippen molar-refractivity contribution in [1.82, 2.24) is 0 Å². The molecule has 1 aromatic rings. The van der Waals surface area contributed by atoms with Crippen molar-refractivity contribution in [1.29, 1.82) is 0 Å². The summed E-state index contributed by atoms with van der Waals surface area (Å²) in [5, 5.41) is 0. The van der Waals surface area contributed by atoms with Crippen LogP contribution in [-0.2, 0) is 0 Å². The highest BCUT2D eigenvalue weighted by atomic mass is 16.5. The topological polar surface area (TPSA) is 9.23 Å². The molecule has 0 saturated carbocycles. The van der Waals surface area contributed by atoms with Crippen molar-refractivity contribution < 1.29 is 4.74 Å². The molecule has 0 aliphatic heterocycles. The quantitative estimate of drug-likeness (QED) is 0.327. The first-order valence-electron chi connectivity index (χ1n) is 7.38. The zero-order chi connectivity index (χ0) is 16.8. The molecular formula is C19H34O. The highest BCUT2D eigenvalue weighted by Crippen LogP contribution is 2.12. The molecule has 0 aliphatic rings. The standard InChI is InChI=1S/C11H12O.3C2H6.C2H4/c1-3-10(4-2)12-11-8-6-5-7-9-11;4*1-2/h3-9H,1H2,2H3;3*1-2H3;1-2H2/b10-4+;;;;. The van der Waals surface area contributed by atoms with Gasteiger partial charge < -0.3 is 4.74 Å². The average molecular weight is 278 g/mol. The Morgan fingerprint density at radius 1 is 0.900 bits per heavy atom. The van der Waals surface area contributed by atoms with Crippen LogP contribution >= 0.6 is 0 Å². The second-order valence-corrected chi connectivity index (χ2v) is 2.31. The fraction of sp³-hybridized carbons (Fsp3) is 0.368. The van der Waals surface area contributed by atoms with Gasteiger partial charge in [-0.05, 0) is 31.2 Å². The summed E-state index contributed by atoms with van der Waals surface area (Å²) in [5.41, 5.74) is 0. The van der Waals surface area contributed by atoms with Gasteiger partial charge in [-0.3, -0.25) is 0 Å². The summed E-state index contributed by atoms with van der Waals surface area (Å²) in [6, 6.07) is 9.65. The molecule has 1 aromatic carbocycles. The van der Waals surface area contributed by atoms with Gasteiger partial charge in [0.25, 0.3) is 0 Å². The second-order valence-electron chi connectivity index (χ2n) is 2.31. The summed E-state index contributed by atoms with van der Waals surface area (Å²) in [6.07, 6.45) is 3.56.